The lowest BCUT2D eigenvalue weighted by Crippen LogP contribution is -2.23. The fraction of sp³-hybridized carbons (Fsp3) is 0.167. The molecule has 2 heterocycles. The number of nitrogens with zero attached hydrogens (tertiary/aromatic N) is 1. The molecule has 128 valence electrons. The highest BCUT2D eigenvalue weighted by atomic mass is 16.5. The second-order valence-electron chi connectivity index (χ2n) is 5.59. The number of hydrogen-bond acceptors (Lipinski definition) is 4. The maximum absolute atomic E-state index is 12.4. The molecule has 0 radical (unpaired) electrons. The van der Waals surface area contributed by atoms with E-state index in [1.165, 1.54) is 13.3 Å². The number of hydrogen-bond donors (Lipinski definition) is 3. The Labute approximate surface area is 144 Å². The van der Waals surface area contributed by atoms with Gasteiger partial charge in [0.05, 0.1) is 19.3 Å². The number of alkyl carbamates (subject to hydrolysis) is 1. The van der Waals surface area contributed by atoms with Gasteiger partial charge in [0.1, 0.15) is 0 Å². The Morgan fingerprint density at radius 3 is 2.84 bits per heavy atom. The van der Waals surface area contributed by atoms with E-state index in [4.69, 9.17) is 0 Å². The minimum atomic E-state index is -0.549. The van der Waals surface area contributed by atoms with Crippen LogP contribution in [0.15, 0.2) is 42.6 Å². The number of fused-ring (bicyclic) bond motifs is 1. The van der Waals surface area contributed by atoms with Crippen LogP contribution in [0.2, 0.25) is 0 Å². The number of rotatable bonds is 4. The molecule has 0 aliphatic rings. The van der Waals surface area contributed by atoms with Gasteiger partial charge in [0.25, 0.3) is 5.91 Å². The molecule has 7 nitrogen and oxygen atoms in total. The predicted molar refractivity (Wildman–Crippen MR) is 94.5 cm³/mol. The molecule has 0 bridgehead atoms. The first-order valence-electron chi connectivity index (χ1n) is 7.72. The number of aromatic nitrogens is 2. The van der Waals surface area contributed by atoms with Crippen LogP contribution in [0.1, 0.15) is 21.7 Å². The first-order chi connectivity index (χ1) is 12.0. The van der Waals surface area contributed by atoms with Crippen LogP contribution in [0.25, 0.3) is 10.9 Å². The van der Waals surface area contributed by atoms with Crippen LogP contribution in [-0.4, -0.2) is 29.1 Å². The summed E-state index contributed by atoms with van der Waals surface area (Å²) in [6.45, 7) is 2.17. The Hall–Kier alpha value is -3.35. The van der Waals surface area contributed by atoms with Crippen molar-refractivity contribution in [1.82, 2.24) is 15.3 Å². The van der Waals surface area contributed by atoms with E-state index in [2.05, 4.69) is 25.3 Å². The first kappa shape index (κ1) is 16.5. The van der Waals surface area contributed by atoms with Crippen molar-refractivity contribution in [3.05, 3.63) is 59.5 Å². The van der Waals surface area contributed by atoms with Crippen LogP contribution in [0.3, 0.4) is 0 Å². The SMILES string of the molecule is COC(=O)NCc1cc(C(=O)Nc2ccc3[nH]c(C)cc3c2)ccn1. The summed E-state index contributed by atoms with van der Waals surface area (Å²) in [5.74, 6) is -0.242. The predicted octanol–water partition coefficient (Wildman–Crippen LogP) is 2.98. The number of aromatic amines is 1. The fourth-order valence-electron chi connectivity index (χ4n) is 2.51. The third kappa shape index (κ3) is 3.95. The highest BCUT2D eigenvalue weighted by molar-refractivity contribution is 6.05. The third-order valence-electron chi connectivity index (χ3n) is 3.69. The molecule has 0 aliphatic heterocycles. The number of ether oxygens (including phenoxy) is 1. The zero-order valence-electron chi connectivity index (χ0n) is 13.9. The van der Waals surface area contributed by atoms with E-state index in [-0.39, 0.29) is 12.5 Å². The van der Waals surface area contributed by atoms with Crippen molar-refractivity contribution in [2.24, 2.45) is 0 Å². The highest BCUT2D eigenvalue weighted by Crippen LogP contribution is 2.20. The van der Waals surface area contributed by atoms with Gasteiger partial charge in [-0.05, 0) is 43.3 Å². The average Bonchev–Trinajstić information content (AvgIpc) is 2.99. The molecule has 0 saturated heterocycles. The Bertz CT molecular complexity index is 933. The van der Waals surface area contributed by atoms with Gasteiger partial charge in [-0.1, -0.05) is 0 Å². The van der Waals surface area contributed by atoms with Crippen molar-refractivity contribution in [2.75, 3.05) is 12.4 Å². The third-order valence-corrected chi connectivity index (χ3v) is 3.69. The molecular weight excluding hydrogens is 320 g/mol. The minimum Gasteiger partial charge on any atom is -0.453 e. The van der Waals surface area contributed by atoms with Crippen LogP contribution in [-0.2, 0) is 11.3 Å². The molecule has 7 heteroatoms. The Morgan fingerprint density at radius 2 is 2.04 bits per heavy atom. The van der Waals surface area contributed by atoms with Gasteiger partial charge < -0.3 is 20.4 Å². The molecule has 0 saturated carbocycles. The van der Waals surface area contributed by atoms with E-state index in [0.717, 1.165) is 16.6 Å². The summed E-state index contributed by atoms with van der Waals surface area (Å²) >= 11 is 0. The molecule has 0 aliphatic carbocycles. The number of carbonyl (C=O) groups excluding carboxylic acids is 2. The van der Waals surface area contributed by atoms with Crippen molar-refractivity contribution in [3.63, 3.8) is 0 Å². The standard InChI is InChI=1S/C18H18N4O3/c1-11-7-13-9-14(3-4-16(13)21-11)22-17(23)12-5-6-19-15(8-12)10-20-18(24)25-2/h3-9,21H,10H2,1-2H3,(H,20,24)(H,22,23). The summed E-state index contributed by atoms with van der Waals surface area (Å²) in [6, 6.07) is 11.0. The molecule has 0 fully saturated rings. The number of methoxy groups -OCH3 is 1. The molecule has 0 unspecified atom stereocenters. The molecule has 3 aromatic rings. The number of carbonyl (C=O) groups is 2. The van der Waals surface area contributed by atoms with E-state index >= 15 is 0 Å². The lowest BCUT2D eigenvalue weighted by molar-refractivity contribution is 0.102. The number of aryl methyl sites for hydroxylation is 1. The number of pyridine rings is 1. The van der Waals surface area contributed by atoms with Crippen molar-refractivity contribution in [2.45, 2.75) is 13.5 Å². The zero-order chi connectivity index (χ0) is 17.8. The zero-order valence-corrected chi connectivity index (χ0v) is 13.9. The molecular formula is C18H18N4O3. The Balaban J connectivity index is 1.72. The van der Waals surface area contributed by atoms with Crippen LogP contribution < -0.4 is 10.6 Å². The molecule has 0 spiro atoms. The van der Waals surface area contributed by atoms with E-state index in [1.54, 1.807) is 12.1 Å². The number of nitrogens with one attached hydrogen (secondary N) is 3. The smallest absolute Gasteiger partial charge is 0.407 e. The summed E-state index contributed by atoms with van der Waals surface area (Å²) in [6.07, 6.45) is 0.980. The van der Waals surface area contributed by atoms with Crippen LogP contribution >= 0.6 is 0 Å². The molecule has 3 rings (SSSR count). The van der Waals surface area contributed by atoms with Crippen LogP contribution in [0.4, 0.5) is 10.5 Å². The van der Waals surface area contributed by atoms with E-state index in [0.29, 0.717) is 16.9 Å². The lowest BCUT2D eigenvalue weighted by atomic mass is 10.2. The largest absolute Gasteiger partial charge is 0.453 e. The van der Waals surface area contributed by atoms with Gasteiger partial charge in [0.15, 0.2) is 0 Å². The highest BCUT2D eigenvalue weighted by Gasteiger charge is 2.09. The van der Waals surface area contributed by atoms with Gasteiger partial charge in [-0.15, -0.1) is 0 Å². The second kappa shape index (κ2) is 7.04. The number of anilines is 1. The van der Waals surface area contributed by atoms with Crippen molar-refractivity contribution < 1.29 is 14.3 Å². The molecule has 1 aromatic carbocycles. The quantitative estimate of drug-likeness (QED) is 0.681. The van der Waals surface area contributed by atoms with E-state index in [9.17, 15) is 9.59 Å². The maximum Gasteiger partial charge on any atom is 0.407 e. The summed E-state index contributed by atoms with van der Waals surface area (Å²) in [7, 11) is 1.29. The van der Waals surface area contributed by atoms with Gasteiger partial charge in [0.2, 0.25) is 0 Å². The topological polar surface area (TPSA) is 96.1 Å². The van der Waals surface area contributed by atoms with E-state index in [1.807, 2.05) is 31.2 Å². The Kier molecular flexibility index (Phi) is 4.65. The lowest BCUT2D eigenvalue weighted by Gasteiger charge is -2.07. The van der Waals surface area contributed by atoms with E-state index < -0.39 is 6.09 Å². The first-order valence-corrected chi connectivity index (χ1v) is 7.72. The van der Waals surface area contributed by atoms with Crippen LogP contribution in [0, 0.1) is 6.92 Å². The van der Waals surface area contributed by atoms with Crippen molar-refractivity contribution >= 4 is 28.6 Å². The normalized spacial score (nSPS) is 10.5. The number of benzene rings is 1. The summed E-state index contributed by atoms with van der Waals surface area (Å²) in [5, 5.41) is 6.43. The minimum absolute atomic E-state index is 0.183. The summed E-state index contributed by atoms with van der Waals surface area (Å²) in [5.41, 5.74) is 3.82. The number of H-pyrrole nitrogens is 1. The average molecular weight is 338 g/mol. The fourth-order valence-corrected chi connectivity index (χ4v) is 2.51. The van der Waals surface area contributed by atoms with Gasteiger partial charge in [-0.2, -0.15) is 0 Å². The van der Waals surface area contributed by atoms with Gasteiger partial charge in [-0.3, -0.25) is 9.78 Å². The van der Waals surface area contributed by atoms with Crippen molar-refractivity contribution in [3.8, 4) is 0 Å². The van der Waals surface area contributed by atoms with Gasteiger partial charge >= 0.3 is 6.09 Å². The molecule has 3 N–H and O–H groups in total. The second-order valence-corrected chi connectivity index (χ2v) is 5.59. The maximum atomic E-state index is 12.4. The molecule has 2 aromatic heterocycles. The van der Waals surface area contributed by atoms with Crippen LogP contribution in [0.5, 0.6) is 0 Å². The van der Waals surface area contributed by atoms with Gasteiger partial charge in [-0.25, -0.2) is 4.79 Å². The molecule has 25 heavy (non-hydrogen) atoms. The molecule has 0 atom stereocenters. The van der Waals surface area contributed by atoms with Gasteiger partial charge in [0, 0.05) is 34.0 Å². The monoisotopic (exact) mass is 338 g/mol. The summed E-state index contributed by atoms with van der Waals surface area (Å²) in [4.78, 5) is 30.9. The summed E-state index contributed by atoms with van der Waals surface area (Å²) < 4.78 is 4.51. The van der Waals surface area contributed by atoms with Crippen molar-refractivity contribution in [1.29, 1.82) is 0 Å². The molecule has 2 amide bonds. The Morgan fingerprint density at radius 1 is 1.20 bits per heavy atom. The number of amides is 2.